The highest BCUT2D eigenvalue weighted by Gasteiger charge is 2.21. The quantitative estimate of drug-likeness (QED) is 0.266. The molecule has 28 heavy (non-hydrogen) atoms. The van der Waals surface area contributed by atoms with Gasteiger partial charge in [-0.3, -0.25) is 4.99 Å². The van der Waals surface area contributed by atoms with E-state index in [4.69, 9.17) is 9.73 Å². The van der Waals surface area contributed by atoms with Gasteiger partial charge in [-0.2, -0.15) is 5.10 Å². The highest BCUT2D eigenvalue weighted by atomic mass is 127. The number of hydrogen-bond acceptors (Lipinski definition) is 4. The molecule has 2 N–H and O–H groups in total. The number of aliphatic imine (C=N–C) groups is 1. The molecule has 1 aliphatic rings. The first-order chi connectivity index (χ1) is 13.2. The maximum atomic E-state index is 5.84. The minimum absolute atomic E-state index is 0. The molecular weight excluding hydrogens is 467 g/mol. The molecule has 1 atom stereocenters. The SMILES string of the molecule is CCNC(=NCCCOc1ccccc1C)NC1CCc2nc(C)nn2C1.I. The highest BCUT2D eigenvalue weighted by Crippen LogP contribution is 2.16. The van der Waals surface area contributed by atoms with Gasteiger partial charge >= 0.3 is 0 Å². The Labute approximate surface area is 184 Å². The van der Waals surface area contributed by atoms with Crippen LogP contribution in [-0.4, -0.2) is 46.5 Å². The molecule has 0 amide bonds. The van der Waals surface area contributed by atoms with Gasteiger partial charge in [-0.25, -0.2) is 9.67 Å². The molecule has 0 radical (unpaired) electrons. The van der Waals surface area contributed by atoms with Crippen LogP contribution in [0.25, 0.3) is 0 Å². The summed E-state index contributed by atoms with van der Waals surface area (Å²) in [4.78, 5) is 9.16. The number of aromatic nitrogens is 3. The number of rotatable bonds is 7. The number of nitrogens with one attached hydrogen (secondary N) is 2. The molecular formula is C20H31IN6O. The van der Waals surface area contributed by atoms with Crippen LogP contribution in [0.1, 0.15) is 37.0 Å². The molecule has 2 heterocycles. The van der Waals surface area contributed by atoms with E-state index in [1.54, 1.807) is 0 Å². The lowest BCUT2D eigenvalue weighted by atomic mass is 10.1. The number of halogens is 1. The second kappa shape index (κ2) is 11.2. The number of benzene rings is 1. The van der Waals surface area contributed by atoms with Crippen LogP contribution in [0.15, 0.2) is 29.3 Å². The molecule has 1 unspecified atom stereocenters. The molecule has 2 aromatic rings. The van der Waals surface area contributed by atoms with Crippen molar-refractivity contribution >= 4 is 29.9 Å². The number of hydrogen-bond donors (Lipinski definition) is 2. The second-order valence-electron chi connectivity index (χ2n) is 6.87. The first kappa shape index (κ1) is 22.4. The number of para-hydroxylation sites is 1. The third-order valence-corrected chi connectivity index (χ3v) is 4.57. The van der Waals surface area contributed by atoms with E-state index in [1.807, 2.05) is 29.8 Å². The Hall–Kier alpha value is -1.84. The zero-order chi connectivity index (χ0) is 19.1. The molecule has 0 saturated heterocycles. The molecule has 1 aliphatic heterocycles. The normalized spacial score (nSPS) is 16.1. The van der Waals surface area contributed by atoms with E-state index in [9.17, 15) is 0 Å². The fourth-order valence-corrected chi connectivity index (χ4v) is 3.22. The van der Waals surface area contributed by atoms with Crippen molar-refractivity contribution in [3.05, 3.63) is 41.5 Å². The Bertz CT molecular complexity index is 776. The van der Waals surface area contributed by atoms with E-state index in [-0.39, 0.29) is 24.0 Å². The zero-order valence-electron chi connectivity index (χ0n) is 16.9. The van der Waals surface area contributed by atoms with Crippen LogP contribution in [0, 0.1) is 13.8 Å². The molecule has 0 saturated carbocycles. The van der Waals surface area contributed by atoms with Crippen molar-refractivity contribution in [2.75, 3.05) is 19.7 Å². The van der Waals surface area contributed by atoms with Gasteiger partial charge < -0.3 is 15.4 Å². The fraction of sp³-hybridized carbons (Fsp3) is 0.550. The topological polar surface area (TPSA) is 76.4 Å². The van der Waals surface area contributed by atoms with Gasteiger partial charge in [0.15, 0.2) is 5.96 Å². The van der Waals surface area contributed by atoms with Crippen molar-refractivity contribution in [1.29, 1.82) is 0 Å². The lowest BCUT2D eigenvalue weighted by molar-refractivity contribution is 0.311. The van der Waals surface area contributed by atoms with Gasteiger partial charge in [-0.05, 0) is 38.8 Å². The van der Waals surface area contributed by atoms with Gasteiger partial charge in [-0.15, -0.1) is 24.0 Å². The molecule has 7 nitrogen and oxygen atoms in total. The molecule has 1 aromatic heterocycles. The lowest BCUT2D eigenvalue weighted by Crippen LogP contribution is -2.47. The van der Waals surface area contributed by atoms with Crippen molar-refractivity contribution in [2.24, 2.45) is 4.99 Å². The summed E-state index contributed by atoms with van der Waals surface area (Å²) in [5, 5.41) is 11.3. The van der Waals surface area contributed by atoms with Gasteiger partial charge in [0, 0.05) is 32.0 Å². The summed E-state index contributed by atoms with van der Waals surface area (Å²) in [6.45, 7) is 9.15. The first-order valence-corrected chi connectivity index (χ1v) is 9.79. The molecule has 0 aliphatic carbocycles. The second-order valence-corrected chi connectivity index (χ2v) is 6.87. The van der Waals surface area contributed by atoms with Crippen LogP contribution in [0.2, 0.25) is 0 Å². The minimum Gasteiger partial charge on any atom is -0.493 e. The Morgan fingerprint density at radius 1 is 1.32 bits per heavy atom. The van der Waals surface area contributed by atoms with Gasteiger partial charge in [-0.1, -0.05) is 18.2 Å². The molecule has 8 heteroatoms. The van der Waals surface area contributed by atoms with Crippen molar-refractivity contribution in [2.45, 2.75) is 52.6 Å². The number of aryl methyl sites for hydroxylation is 3. The fourth-order valence-electron chi connectivity index (χ4n) is 3.22. The average Bonchev–Trinajstić information content (AvgIpc) is 3.02. The Morgan fingerprint density at radius 2 is 2.14 bits per heavy atom. The smallest absolute Gasteiger partial charge is 0.191 e. The number of nitrogens with zero attached hydrogens (tertiary/aromatic N) is 4. The summed E-state index contributed by atoms with van der Waals surface area (Å²) in [5.41, 5.74) is 1.16. The van der Waals surface area contributed by atoms with Crippen LogP contribution >= 0.6 is 24.0 Å². The standard InChI is InChI=1S/C20H30N6O.HI/c1-4-21-20(22-12-7-13-27-18-9-6-5-8-15(18)2)24-17-10-11-19-23-16(3)25-26(19)14-17;/h5-6,8-9,17H,4,7,10-14H2,1-3H3,(H2,21,22,24);1H. The van der Waals surface area contributed by atoms with Crippen molar-refractivity contribution < 1.29 is 4.74 Å². The third kappa shape index (κ3) is 6.35. The molecule has 0 bridgehead atoms. The Balaban J connectivity index is 0.00000280. The summed E-state index contributed by atoms with van der Waals surface area (Å²) in [6.07, 6.45) is 2.86. The third-order valence-electron chi connectivity index (χ3n) is 4.57. The number of guanidine groups is 1. The summed E-state index contributed by atoms with van der Waals surface area (Å²) in [7, 11) is 0. The van der Waals surface area contributed by atoms with E-state index < -0.39 is 0 Å². The lowest BCUT2D eigenvalue weighted by Gasteiger charge is -2.25. The Kier molecular flexibility index (Phi) is 9.01. The van der Waals surface area contributed by atoms with Crippen LogP contribution in [0.4, 0.5) is 0 Å². The van der Waals surface area contributed by atoms with E-state index in [0.717, 1.165) is 67.8 Å². The van der Waals surface area contributed by atoms with Gasteiger partial charge in [0.2, 0.25) is 0 Å². The predicted molar refractivity (Wildman–Crippen MR) is 123 cm³/mol. The van der Waals surface area contributed by atoms with E-state index in [0.29, 0.717) is 12.6 Å². The van der Waals surface area contributed by atoms with Gasteiger partial charge in [0.1, 0.15) is 17.4 Å². The zero-order valence-corrected chi connectivity index (χ0v) is 19.3. The van der Waals surface area contributed by atoms with Crippen LogP contribution < -0.4 is 15.4 Å². The molecule has 0 fully saturated rings. The molecule has 1 aromatic carbocycles. The summed E-state index contributed by atoms with van der Waals surface area (Å²) < 4.78 is 7.85. The maximum absolute atomic E-state index is 5.84. The minimum atomic E-state index is 0. The number of ether oxygens (including phenoxy) is 1. The first-order valence-electron chi connectivity index (χ1n) is 9.79. The monoisotopic (exact) mass is 498 g/mol. The van der Waals surface area contributed by atoms with Crippen molar-refractivity contribution in [3.63, 3.8) is 0 Å². The summed E-state index contributed by atoms with van der Waals surface area (Å²) in [6, 6.07) is 8.41. The summed E-state index contributed by atoms with van der Waals surface area (Å²) >= 11 is 0. The molecule has 3 rings (SSSR count). The van der Waals surface area contributed by atoms with Crippen molar-refractivity contribution in [3.8, 4) is 5.75 Å². The number of fused-ring (bicyclic) bond motifs is 1. The maximum Gasteiger partial charge on any atom is 0.191 e. The van der Waals surface area contributed by atoms with E-state index in [2.05, 4.69) is 40.6 Å². The van der Waals surface area contributed by atoms with E-state index in [1.165, 1.54) is 0 Å². The van der Waals surface area contributed by atoms with Crippen LogP contribution in [0.3, 0.4) is 0 Å². The average molecular weight is 498 g/mol. The molecule has 0 spiro atoms. The van der Waals surface area contributed by atoms with Crippen molar-refractivity contribution in [1.82, 2.24) is 25.4 Å². The van der Waals surface area contributed by atoms with Crippen LogP contribution in [0.5, 0.6) is 5.75 Å². The van der Waals surface area contributed by atoms with E-state index >= 15 is 0 Å². The van der Waals surface area contributed by atoms with Crippen LogP contribution in [-0.2, 0) is 13.0 Å². The predicted octanol–water partition coefficient (Wildman–Crippen LogP) is 2.85. The highest BCUT2D eigenvalue weighted by molar-refractivity contribution is 14.0. The molecule has 154 valence electrons. The summed E-state index contributed by atoms with van der Waals surface area (Å²) in [5.74, 6) is 3.74. The van der Waals surface area contributed by atoms with Gasteiger partial charge in [0.05, 0.1) is 13.2 Å². The largest absolute Gasteiger partial charge is 0.493 e. The Morgan fingerprint density at radius 3 is 2.93 bits per heavy atom. The van der Waals surface area contributed by atoms with Gasteiger partial charge in [0.25, 0.3) is 0 Å².